The summed E-state index contributed by atoms with van der Waals surface area (Å²) in [6.07, 6.45) is 1.37. The molecule has 0 spiro atoms. The van der Waals surface area contributed by atoms with Gasteiger partial charge in [-0.3, -0.25) is 9.69 Å². The zero-order valence-corrected chi connectivity index (χ0v) is 11.5. The van der Waals surface area contributed by atoms with Gasteiger partial charge in [0.05, 0.1) is 23.0 Å². The number of benzene rings is 1. The summed E-state index contributed by atoms with van der Waals surface area (Å²) in [5, 5.41) is 10.2. The Balaban J connectivity index is 1.92. The van der Waals surface area contributed by atoms with Crippen LogP contribution in [0.3, 0.4) is 0 Å². The number of aliphatic hydroxyl groups excluding tert-OH is 1. The Morgan fingerprint density at radius 2 is 2.05 bits per heavy atom. The summed E-state index contributed by atoms with van der Waals surface area (Å²) >= 11 is 0. The van der Waals surface area contributed by atoms with Crippen molar-refractivity contribution in [3.05, 3.63) is 40.4 Å². The fourth-order valence-corrected chi connectivity index (χ4v) is 2.75. The first-order chi connectivity index (χ1) is 9.65. The Morgan fingerprint density at radius 1 is 1.35 bits per heavy atom. The predicted molar refractivity (Wildman–Crippen MR) is 77.6 cm³/mol. The summed E-state index contributed by atoms with van der Waals surface area (Å²) in [5.74, 6) is 0.699. The van der Waals surface area contributed by atoms with Gasteiger partial charge in [0.25, 0.3) is 5.56 Å². The fourth-order valence-electron chi connectivity index (χ4n) is 2.75. The lowest BCUT2D eigenvalue weighted by molar-refractivity contribution is 0.0626. The van der Waals surface area contributed by atoms with E-state index in [1.165, 1.54) is 0 Å². The number of piperidine rings is 1. The maximum atomic E-state index is 12.1. The molecule has 0 radical (unpaired) electrons. The normalized spacial score (nSPS) is 19.3. The predicted octanol–water partition coefficient (Wildman–Crippen LogP) is 1.44. The van der Waals surface area contributed by atoms with E-state index >= 15 is 0 Å². The second-order valence-corrected chi connectivity index (χ2v) is 5.41. The molecule has 2 heterocycles. The van der Waals surface area contributed by atoms with Crippen LogP contribution in [0.2, 0.25) is 0 Å². The minimum atomic E-state index is -0.193. The van der Waals surface area contributed by atoms with Gasteiger partial charge in [0.15, 0.2) is 0 Å². The Hall–Kier alpha value is -1.72. The van der Waals surface area contributed by atoms with Crippen molar-refractivity contribution in [1.29, 1.82) is 0 Å². The van der Waals surface area contributed by atoms with E-state index in [9.17, 15) is 9.90 Å². The van der Waals surface area contributed by atoms with E-state index in [4.69, 9.17) is 0 Å². The molecular weight excluding hydrogens is 254 g/mol. The first-order valence-electron chi connectivity index (χ1n) is 7.06. The number of hydrogen-bond donors (Lipinski definition) is 2. The number of H-pyrrole nitrogens is 1. The number of nitrogens with zero attached hydrogens (tertiary/aromatic N) is 2. The van der Waals surface area contributed by atoms with Gasteiger partial charge in [0, 0.05) is 13.1 Å². The number of hydrogen-bond acceptors (Lipinski definition) is 4. The van der Waals surface area contributed by atoms with Crippen LogP contribution in [0.4, 0.5) is 0 Å². The second kappa shape index (κ2) is 5.34. The van der Waals surface area contributed by atoms with Crippen molar-refractivity contribution in [1.82, 2.24) is 14.9 Å². The van der Waals surface area contributed by atoms with E-state index in [0.717, 1.165) is 31.4 Å². The molecule has 1 aromatic carbocycles. The third-order valence-corrected chi connectivity index (χ3v) is 4.07. The van der Waals surface area contributed by atoms with Gasteiger partial charge in [-0.15, -0.1) is 0 Å². The zero-order chi connectivity index (χ0) is 14.1. The largest absolute Gasteiger partial charge is 0.393 e. The number of likely N-dealkylation sites (tertiary alicyclic amines) is 1. The molecule has 106 valence electrons. The van der Waals surface area contributed by atoms with Crippen LogP contribution in [0.15, 0.2) is 29.1 Å². The number of aromatic nitrogens is 2. The number of rotatable bonds is 2. The summed E-state index contributed by atoms with van der Waals surface area (Å²) in [5.41, 5.74) is 0.643. The van der Waals surface area contributed by atoms with E-state index < -0.39 is 0 Å². The van der Waals surface area contributed by atoms with Crippen molar-refractivity contribution in [2.45, 2.75) is 31.9 Å². The average Bonchev–Trinajstić information content (AvgIpc) is 2.47. The highest BCUT2D eigenvalue weighted by atomic mass is 16.3. The van der Waals surface area contributed by atoms with Crippen molar-refractivity contribution in [2.75, 3.05) is 13.1 Å². The number of nitrogens with one attached hydrogen (secondary N) is 1. The molecule has 0 unspecified atom stereocenters. The van der Waals surface area contributed by atoms with Crippen LogP contribution in [-0.4, -0.2) is 39.2 Å². The van der Waals surface area contributed by atoms with Gasteiger partial charge >= 0.3 is 0 Å². The lowest BCUT2D eigenvalue weighted by Gasteiger charge is -2.33. The molecule has 1 aliphatic heterocycles. The van der Waals surface area contributed by atoms with Crippen LogP contribution in [0.1, 0.15) is 31.6 Å². The monoisotopic (exact) mass is 273 g/mol. The Bertz CT molecular complexity index is 659. The van der Waals surface area contributed by atoms with Gasteiger partial charge in [-0.1, -0.05) is 12.1 Å². The van der Waals surface area contributed by atoms with Crippen LogP contribution in [-0.2, 0) is 0 Å². The third kappa shape index (κ3) is 2.46. The number of fused-ring (bicyclic) bond motifs is 1. The highest BCUT2D eigenvalue weighted by Gasteiger charge is 2.23. The number of aromatic amines is 1. The lowest BCUT2D eigenvalue weighted by Crippen LogP contribution is -2.38. The summed E-state index contributed by atoms with van der Waals surface area (Å²) in [6.45, 7) is 3.71. The smallest absolute Gasteiger partial charge is 0.258 e. The van der Waals surface area contributed by atoms with Crippen molar-refractivity contribution < 1.29 is 5.11 Å². The maximum Gasteiger partial charge on any atom is 0.258 e. The molecule has 20 heavy (non-hydrogen) atoms. The molecule has 2 aromatic rings. The molecule has 0 saturated carbocycles. The molecule has 1 saturated heterocycles. The quantitative estimate of drug-likeness (QED) is 0.868. The number of aliphatic hydroxyl groups is 1. The zero-order valence-electron chi connectivity index (χ0n) is 11.5. The molecule has 3 rings (SSSR count). The third-order valence-electron chi connectivity index (χ3n) is 4.07. The van der Waals surface area contributed by atoms with Crippen LogP contribution in [0, 0.1) is 0 Å². The molecule has 0 bridgehead atoms. The summed E-state index contributed by atoms with van der Waals surface area (Å²) in [6, 6.07) is 7.43. The van der Waals surface area contributed by atoms with Crippen LogP contribution in [0.25, 0.3) is 10.9 Å². The minimum Gasteiger partial charge on any atom is -0.393 e. The van der Waals surface area contributed by atoms with Gasteiger partial charge in [-0.2, -0.15) is 0 Å². The minimum absolute atomic E-state index is 0.0554. The Labute approximate surface area is 117 Å². The van der Waals surface area contributed by atoms with Gasteiger partial charge < -0.3 is 10.1 Å². The molecule has 1 fully saturated rings. The average molecular weight is 273 g/mol. The molecule has 0 aliphatic carbocycles. The molecule has 1 aliphatic rings. The van der Waals surface area contributed by atoms with Crippen molar-refractivity contribution in [3.63, 3.8) is 0 Å². The van der Waals surface area contributed by atoms with Gasteiger partial charge in [-0.05, 0) is 31.9 Å². The molecule has 5 nitrogen and oxygen atoms in total. The maximum absolute atomic E-state index is 12.1. The van der Waals surface area contributed by atoms with Gasteiger partial charge in [0.2, 0.25) is 0 Å². The van der Waals surface area contributed by atoms with E-state index in [-0.39, 0.29) is 17.7 Å². The van der Waals surface area contributed by atoms with Gasteiger partial charge in [-0.25, -0.2) is 4.98 Å². The Morgan fingerprint density at radius 3 is 2.80 bits per heavy atom. The molecular formula is C15H19N3O2. The molecule has 2 N–H and O–H groups in total. The van der Waals surface area contributed by atoms with Crippen LogP contribution in [0.5, 0.6) is 0 Å². The van der Waals surface area contributed by atoms with Crippen LogP contribution >= 0.6 is 0 Å². The lowest BCUT2D eigenvalue weighted by atomic mass is 10.1. The van der Waals surface area contributed by atoms with E-state index in [1.807, 2.05) is 25.1 Å². The van der Waals surface area contributed by atoms with Crippen molar-refractivity contribution in [2.24, 2.45) is 0 Å². The second-order valence-electron chi connectivity index (χ2n) is 5.41. The van der Waals surface area contributed by atoms with Crippen molar-refractivity contribution >= 4 is 10.9 Å². The summed E-state index contributed by atoms with van der Waals surface area (Å²) < 4.78 is 0. The molecule has 0 amide bonds. The standard InChI is InChI=1S/C15H19N3O2/c1-10(18-8-6-11(19)7-9-18)14-16-13-5-3-2-4-12(13)15(20)17-14/h2-5,10-11,19H,6-9H2,1H3,(H,16,17,20)/t10-/m1/s1. The molecule has 1 atom stereocenters. The topological polar surface area (TPSA) is 69.2 Å². The molecule has 5 heteroatoms. The SMILES string of the molecule is C[C@H](c1nc2ccccc2c(=O)[nH]1)N1CCC(O)CC1. The summed E-state index contributed by atoms with van der Waals surface area (Å²) in [7, 11) is 0. The van der Waals surface area contributed by atoms with E-state index in [1.54, 1.807) is 6.07 Å². The molecule has 1 aromatic heterocycles. The highest BCUT2D eigenvalue weighted by Crippen LogP contribution is 2.22. The highest BCUT2D eigenvalue weighted by molar-refractivity contribution is 5.77. The first-order valence-corrected chi connectivity index (χ1v) is 7.06. The fraction of sp³-hybridized carbons (Fsp3) is 0.467. The van der Waals surface area contributed by atoms with Gasteiger partial charge in [0.1, 0.15) is 5.82 Å². The Kier molecular flexibility index (Phi) is 3.54. The van der Waals surface area contributed by atoms with Crippen LogP contribution < -0.4 is 5.56 Å². The number of para-hydroxylation sites is 1. The van der Waals surface area contributed by atoms with E-state index in [2.05, 4.69) is 14.9 Å². The summed E-state index contributed by atoms with van der Waals surface area (Å²) in [4.78, 5) is 21.8. The first kappa shape index (κ1) is 13.3. The van der Waals surface area contributed by atoms with E-state index in [0.29, 0.717) is 11.2 Å². The van der Waals surface area contributed by atoms with Crippen molar-refractivity contribution in [3.8, 4) is 0 Å².